The van der Waals surface area contributed by atoms with Crippen LogP contribution in [-0.4, -0.2) is 39.6 Å². The maximum absolute atomic E-state index is 10.6. The van der Waals surface area contributed by atoms with Crippen molar-refractivity contribution >= 4 is 11.5 Å². The van der Waals surface area contributed by atoms with Crippen LogP contribution in [0.1, 0.15) is 30.6 Å². The normalized spacial score (nSPS) is 35.8. The highest BCUT2D eigenvalue weighted by Crippen LogP contribution is 2.40. The zero-order valence-corrected chi connectivity index (χ0v) is 10.7. The average molecular weight is 253 g/mol. The molecule has 3 N–H and O–H groups in total. The Hall–Kier alpha value is -0.490. The van der Waals surface area contributed by atoms with Crippen molar-refractivity contribution in [3.8, 4) is 0 Å². The van der Waals surface area contributed by atoms with Gasteiger partial charge in [0, 0.05) is 31.4 Å². The molecular weight excluding hydrogens is 234 g/mol. The molecule has 1 saturated carbocycles. The van der Waals surface area contributed by atoms with E-state index in [1.54, 1.807) is 6.20 Å². The molecule has 2 fully saturated rings. The fourth-order valence-electron chi connectivity index (χ4n) is 2.99. The first-order chi connectivity index (χ1) is 8.17. The van der Waals surface area contributed by atoms with Crippen molar-refractivity contribution in [1.29, 1.82) is 0 Å². The van der Waals surface area contributed by atoms with Crippen LogP contribution in [0.2, 0.25) is 0 Å². The number of nitrogens with zero attached hydrogens (tertiary/aromatic N) is 2. The summed E-state index contributed by atoms with van der Waals surface area (Å²) in [6.45, 7) is 2.06. The first-order valence-electron chi connectivity index (χ1n) is 6.30. The summed E-state index contributed by atoms with van der Waals surface area (Å²) < 4.78 is 4.09. The molecule has 1 aliphatic carbocycles. The van der Waals surface area contributed by atoms with Gasteiger partial charge in [0.1, 0.15) is 5.60 Å². The second-order valence-corrected chi connectivity index (χ2v) is 6.19. The Labute approximate surface area is 106 Å². The van der Waals surface area contributed by atoms with Gasteiger partial charge in [0.2, 0.25) is 0 Å². The Bertz CT molecular complexity index is 367. The van der Waals surface area contributed by atoms with E-state index in [9.17, 15) is 5.11 Å². The Morgan fingerprint density at radius 2 is 2.12 bits per heavy atom. The van der Waals surface area contributed by atoms with E-state index in [1.807, 2.05) is 6.07 Å². The molecule has 2 aliphatic rings. The van der Waals surface area contributed by atoms with E-state index in [-0.39, 0.29) is 0 Å². The van der Waals surface area contributed by atoms with Crippen LogP contribution >= 0.6 is 11.5 Å². The van der Waals surface area contributed by atoms with Gasteiger partial charge in [-0.25, -0.2) is 4.37 Å². The molecule has 2 heterocycles. The Kier molecular flexibility index (Phi) is 2.94. The summed E-state index contributed by atoms with van der Waals surface area (Å²) in [6.07, 6.45) is 5.62. The lowest BCUT2D eigenvalue weighted by Crippen LogP contribution is -2.60. The molecule has 1 aliphatic heterocycles. The number of aromatic nitrogens is 1. The van der Waals surface area contributed by atoms with Crippen molar-refractivity contribution in [3.05, 3.63) is 17.1 Å². The van der Waals surface area contributed by atoms with E-state index in [0.29, 0.717) is 12.1 Å². The van der Waals surface area contributed by atoms with Gasteiger partial charge in [-0.3, -0.25) is 4.90 Å². The molecule has 1 aromatic rings. The van der Waals surface area contributed by atoms with Crippen LogP contribution in [0.4, 0.5) is 0 Å². The summed E-state index contributed by atoms with van der Waals surface area (Å²) in [5.74, 6) is 0. The zero-order valence-electron chi connectivity index (χ0n) is 9.88. The van der Waals surface area contributed by atoms with Crippen LogP contribution < -0.4 is 5.73 Å². The minimum Gasteiger partial charge on any atom is -0.384 e. The fraction of sp³-hybridized carbons (Fsp3) is 0.750. The number of aliphatic hydroxyl groups is 1. The number of hydrogen-bond acceptors (Lipinski definition) is 5. The van der Waals surface area contributed by atoms with Gasteiger partial charge >= 0.3 is 0 Å². The van der Waals surface area contributed by atoms with E-state index in [4.69, 9.17) is 5.73 Å². The first kappa shape index (κ1) is 11.6. The van der Waals surface area contributed by atoms with Gasteiger partial charge in [-0.2, -0.15) is 0 Å². The Morgan fingerprint density at radius 3 is 2.65 bits per heavy atom. The quantitative estimate of drug-likeness (QED) is 0.822. The summed E-state index contributed by atoms with van der Waals surface area (Å²) in [6, 6.07) is 2.95. The van der Waals surface area contributed by atoms with E-state index < -0.39 is 5.60 Å². The maximum Gasteiger partial charge on any atom is 0.100 e. The number of rotatable bonds is 2. The molecule has 0 bridgehead atoms. The Balaban J connectivity index is 1.60. The van der Waals surface area contributed by atoms with Gasteiger partial charge in [-0.1, -0.05) is 0 Å². The van der Waals surface area contributed by atoms with Crippen LogP contribution in [-0.2, 0) is 5.60 Å². The Morgan fingerprint density at radius 1 is 1.41 bits per heavy atom. The van der Waals surface area contributed by atoms with Crippen molar-refractivity contribution < 1.29 is 5.11 Å². The minimum atomic E-state index is -0.620. The third kappa shape index (κ3) is 2.12. The average Bonchev–Trinajstić information content (AvgIpc) is 2.80. The van der Waals surface area contributed by atoms with Crippen molar-refractivity contribution in [2.45, 2.75) is 43.4 Å². The summed E-state index contributed by atoms with van der Waals surface area (Å²) in [5, 5.41) is 10.6. The first-order valence-corrected chi connectivity index (χ1v) is 7.08. The lowest BCUT2D eigenvalue weighted by molar-refractivity contribution is -0.0351. The van der Waals surface area contributed by atoms with Crippen molar-refractivity contribution in [3.63, 3.8) is 0 Å². The smallest absolute Gasteiger partial charge is 0.100 e. The molecule has 1 saturated heterocycles. The molecule has 3 rings (SSSR count). The van der Waals surface area contributed by atoms with Gasteiger partial charge in [0.15, 0.2) is 0 Å². The topological polar surface area (TPSA) is 62.4 Å². The number of likely N-dealkylation sites (tertiary alicyclic amines) is 1. The lowest BCUT2D eigenvalue weighted by Gasteiger charge is -2.46. The second kappa shape index (κ2) is 4.31. The summed E-state index contributed by atoms with van der Waals surface area (Å²) in [5.41, 5.74) is 5.19. The molecule has 0 amide bonds. The molecule has 5 heteroatoms. The van der Waals surface area contributed by atoms with Gasteiger partial charge in [0.25, 0.3) is 0 Å². The predicted molar refractivity (Wildman–Crippen MR) is 67.8 cm³/mol. The van der Waals surface area contributed by atoms with Gasteiger partial charge < -0.3 is 10.8 Å². The minimum absolute atomic E-state index is 0.373. The van der Waals surface area contributed by atoms with Gasteiger partial charge in [0.05, 0.1) is 4.88 Å². The van der Waals surface area contributed by atoms with E-state index in [0.717, 1.165) is 43.6 Å². The highest BCUT2D eigenvalue weighted by atomic mass is 32.1. The maximum atomic E-state index is 10.6. The third-order valence-corrected chi connectivity index (χ3v) is 5.07. The number of nitrogens with two attached hydrogens (primary N) is 1. The largest absolute Gasteiger partial charge is 0.384 e. The molecule has 17 heavy (non-hydrogen) atoms. The van der Waals surface area contributed by atoms with E-state index >= 15 is 0 Å². The van der Waals surface area contributed by atoms with Crippen LogP contribution in [0.25, 0.3) is 0 Å². The summed E-state index contributed by atoms with van der Waals surface area (Å²) in [7, 11) is 0. The van der Waals surface area contributed by atoms with Crippen LogP contribution in [0.3, 0.4) is 0 Å². The van der Waals surface area contributed by atoms with Crippen molar-refractivity contribution in [1.82, 2.24) is 9.27 Å². The fourth-order valence-corrected chi connectivity index (χ4v) is 3.73. The molecule has 0 spiro atoms. The molecule has 4 nitrogen and oxygen atoms in total. The highest BCUT2D eigenvalue weighted by molar-refractivity contribution is 7.05. The van der Waals surface area contributed by atoms with Crippen molar-refractivity contribution in [2.24, 2.45) is 5.73 Å². The van der Waals surface area contributed by atoms with Crippen LogP contribution in [0.5, 0.6) is 0 Å². The third-order valence-electron chi connectivity index (χ3n) is 4.13. The molecule has 0 unspecified atom stereocenters. The molecule has 0 aromatic carbocycles. The SMILES string of the molecule is NC1CN(C2CCC(O)(c3ccns3)CC2)C1. The summed E-state index contributed by atoms with van der Waals surface area (Å²) >= 11 is 1.42. The van der Waals surface area contributed by atoms with Gasteiger partial charge in [-0.15, -0.1) is 0 Å². The van der Waals surface area contributed by atoms with Crippen LogP contribution in [0.15, 0.2) is 12.3 Å². The van der Waals surface area contributed by atoms with E-state index in [1.165, 1.54) is 11.5 Å². The van der Waals surface area contributed by atoms with Gasteiger partial charge in [-0.05, 0) is 43.3 Å². The monoisotopic (exact) mass is 253 g/mol. The predicted octanol–water partition coefficient (Wildman–Crippen LogP) is 0.916. The second-order valence-electron chi connectivity index (χ2n) is 5.35. The van der Waals surface area contributed by atoms with E-state index in [2.05, 4.69) is 9.27 Å². The molecule has 0 atom stereocenters. The number of hydrogen-bond donors (Lipinski definition) is 2. The molecule has 0 radical (unpaired) electrons. The standard InChI is InChI=1S/C12H19N3OS/c13-9-7-15(8-9)10-1-4-12(16,5-2-10)11-3-6-14-17-11/h3,6,9-10,16H,1-2,4-5,7-8,13H2. The lowest BCUT2D eigenvalue weighted by atomic mass is 9.80. The zero-order chi connectivity index (χ0) is 11.9. The summed E-state index contributed by atoms with van der Waals surface area (Å²) in [4.78, 5) is 3.48. The molecule has 94 valence electrons. The van der Waals surface area contributed by atoms with Crippen molar-refractivity contribution in [2.75, 3.05) is 13.1 Å². The van der Waals surface area contributed by atoms with Crippen LogP contribution in [0, 0.1) is 0 Å². The molecule has 1 aromatic heterocycles. The highest BCUT2D eigenvalue weighted by Gasteiger charge is 2.39. The molecular formula is C12H19N3OS.